The van der Waals surface area contributed by atoms with E-state index in [9.17, 15) is 14.3 Å². The summed E-state index contributed by atoms with van der Waals surface area (Å²) in [5, 5.41) is 15.1. The van der Waals surface area contributed by atoms with E-state index in [0.717, 1.165) is 80.9 Å². The molecule has 4 atom stereocenters. The lowest BCUT2D eigenvalue weighted by molar-refractivity contribution is -0.144. The fourth-order valence-electron chi connectivity index (χ4n) is 8.47. The number of carbonyl (C=O) groups is 1. The van der Waals surface area contributed by atoms with Gasteiger partial charge in [0.25, 0.3) is 0 Å². The van der Waals surface area contributed by atoms with Gasteiger partial charge in [-0.3, -0.25) is 14.4 Å². The Kier molecular flexibility index (Phi) is 12.3. The Morgan fingerprint density at radius 3 is 2.39 bits per heavy atom. The van der Waals surface area contributed by atoms with Crippen molar-refractivity contribution in [3.05, 3.63) is 119 Å². The molecular weight excluding hydrogens is 639 g/mol. The maximum absolute atomic E-state index is 14.4. The summed E-state index contributed by atoms with van der Waals surface area (Å²) >= 11 is 0. The van der Waals surface area contributed by atoms with Gasteiger partial charge in [-0.15, -0.1) is 0 Å². The first-order valence-electron chi connectivity index (χ1n) is 18.9. The molecule has 1 aliphatic carbocycles. The Bertz CT molecular complexity index is 1700. The van der Waals surface area contributed by atoms with Gasteiger partial charge in [0.15, 0.2) is 0 Å². The quantitative estimate of drug-likeness (QED) is 0.135. The minimum atomic E-state index is -0.754. The molecule has 1 aromatic heterocycles. The van der Waals surface area contributed by atoms with E-state index in [1.54, 1.807) is 6.07 Å². The molecule has 1 N–H and O–H groups in total. The number of likely N-dealkylation sites (N-methyl/N-ethyl adjacent to an activating group) is 1. The molecule has 3 unspecified atom stereocenters. The number of likely N-dealkylation sites (tertiary alicyclic amines) is 1. The summed E-state index contributed by atoms with van der Waals surface area (Å²) < 4.78 is 22.6. The van der Waals surface area contributed by atoms with Crippen molar-refractivity contribution in [2.45, 2.75) is 96.4 Å². The molecule has 2 fully saturated rings. The molecular formula is C43H55FN4O3. The monoisotopic (exact) mass is 694 g/mol. The SMILES string of the molecule is CCn1nc(Cc2ccc(OCc3ccccc3)cc2)cc1C1CCN(CC2CC(N(C)[C@H](CC(C)C)C(=O)O)CC2c2cccc(F)c2)CC1. The summed E-state index contributed by atoms with van der Waals surface area (Å²) in [5.74, 6) is 1.21. The molecule has 51 heavy (non-hydrogen) atoms. The number of halogens is 1. The van der Waals surface area contributed by atoms with Crippen LogP contribution in [0.15, 0.2) is 84.9 Å². The van der Waals surface area contributed by atoms with Gasteiger partial charge in [-0.2, -0.15) is 5.10 Å². The fourth-order valence-corrected chi connectivity index (χ4v) is 8.47. The van der Waals surface area contributed by atoms with Gasteiger partial charge >= 0.3 is 5.97 Å². The lowest BCUT2D eigenvalue weighted by Crippen LogP contribution is -2.45. The molecule has 1 saturated carbocycles. The van der Waals surface area contributed by atoms with Crippen LogP contribution in [0.4, 0.5) is 4.39 Å². The third kappa shape index (κ3) is 9.46. The third-order valence-electron chi connectivity index (χ3n) is 11.2. The van der Waals surface area contributed by atoms with Crippen LogP contribution in [0.3, 0.4) is 0 Å². The summed E-state index contributed by atoms with van der Waals surface area (Å²) in [4.78, 5) is 17.0. The molecule has 7 nitrogen and oxygen atoms in total. The molecule has 272 valence electrons. The minimum Gasteiger partial charge on any atom is -0.489 e. The van der Waals surface area contributed by atoms with E-state index in [2.05, 4.69) is 71.7 Å². The van der Waals surface area contributed by atoms with Gasteiger partial charge < -0.3 is 14.7 Å². The van der Waals surface area contributed by atoms with E-state index >= 15 is 0 Å². The number of hydrogen-bond donors (Lipinski definition) is 1. The maximum atomic E-state index is 14.4. The predicted molar refractivity (Wildman–Crippen MR) is 201 cm³/mol. The van der Waals surface area contributed by atoms with Gasteiger partial charge in [0, 0.05) is 37.2 Å². The zero-order valence-corrected chi connectivity index (χ0v) is 30.8. The normalized spacial score (nSPS) is 20.6. The number of carboxylic acids is 1. The van der Waals surface area contributed by atoms with Crippen LogP contribution in [-0.2, 0) is 24.4 Å². The first kappa shape index (κ1) is 36.8. The van der Waals surface area contributed by atoms with E-state index in [4.69, 9.17) is 9.84 Å². The van der Waals surface area contributed by atoms with Crippen molar-refractivity contribution in [2.24, 2.45) is 11.8 Å². The third-order valence-corrected chi connectivity index (χ3v) is 11.2. The Balaban J connectivity index is 1.07. The Morgan fingerprint density at radius 2 is 1.73 bits per heavy atom. The van der Waals surface area contributed by atoms with E-state index < -0.39 is 12.0 Å². The number of ether oxygens (including phenoxy) is 1. The topological polar surface area (TPSA) is 70.8 Å². The van der Waals surface area contributed by atoms with Crippen LogP contribution in [0.5, 0.6) is 5.75 Å². The van der Waals surface area contributed by atoms with E-state index in [-0.39, 0.29) is 17.8 Å². The molecule has 4 aromatic rings. The highest BCUT2D eigenvalue weighted by Crippen LogP contribution is 2.43. The van der Waals surface area contributed by atoms with E-state index in [0.29, 0.717) is 30.8 Å². The number of hydrogen-bond acceptors (Lipinski definition) is 5. The second-order valence-electron chi connectivity index (χ2n) is 15.2. The van der Waals surface area contributed by atoms with Crippen LogP contribution in [0.1, 0.15) is 92.8 Å². The Morgan fingerprint density at radius 1 is 0.980 bits per heavy atom. The van der Waals surface area contributed by atoms with Gasteiger partial charge in [0.1, 0.15) is 24.2 Å². The second kappa shape index (κ2) is 17.0. The number of nitrogens with zero attached hydrogens (tertiary/aromatic N) is 4. The second-order valence-corrected chi connectivity index (χ2v) is 15.2. The number of carboxylic acid groups (broad SMARTS) is 1. The van der Waals surface area contributed by atoms with Crippen LogP contribution in [0, 0.1) is 17.7 Å². The molecule has 1 aliphatic heterocycles. The summed E-state index contributed by atoms with van der Waals surface area (Å²) in [5.41, 5.74) is 5.84. The highest BCUT2D eigenvalue weighted by atomic mass is 19.1. The number of piperidine rings is 1. The Hall–Kier alpha value is -4.01. The van der Waals surface area contributed by atoms with Gasteiger partial charge in [0.05, 0.1) is 5.69 Å². The van der Waals surface area contributed by atoms with Crippen molar-refractivity contribution in [3.8, 4) is 5.75 Å². The average molecular weight is 695 g/mol. The van der Waals surface area contributed by atoms with Gasteiger partial charge in [0.2, 0.25) is 0 Å². The van der Waals surface area contributed by atoms with E-state index in [1.165, 1.54) is 17.3 Å². The summed E-state index contributed by atoms with van der Waals surface area (Å²) in [6, 6.07) is 27.6. The zero-order valence-electron chi connectivity index (χ0n) is 30.8. The lowest BCUT2D eigenvalue weighted by Gasteiger charge is -2.35. The first-order valence-corrected chi connectivity index (χ1v) is 18.9. The molecule has 6 rings (SSSR count). The fraction of sp³-hybridized carbons (Fsp3) is 0.488. The van der Waals surface area contributed by atoms with Crippen molar-refractivity contribution in [3.63, 3.8) is 0 Å². The number of rotatable bonds is 15. The zero-order chi connectivity index (χ0) is 35.9. The van der Waals surface area contributed by atoms with Gasteiger partial charge in [-0.05, 0) is 124 Å². The van der Waals surface area contributed by atoms with Crippen molar-refractivity contribution in [2.75, 3.05) is 26.7 Å². The lowest BCUT2D eigenvalue weighted by atomic mass is 9.87. The van der Waals surface area contributed by atoms with Gasteiger partial charge in [-0.25, -0.2) is 4.39 Å². The Labute approximate surface area is 303 Å². The first-order chi connectivity index (χ1) is 24.7. The maximum Gasteiger partial charge on any atom is 0.320 e. The molecule has 0 spiro atoms. The molecule has 0 radical (unpaired) electrons. The van der Waals surface area contributed by atoms with Crippen molar-refractivity contribution in [1.82, 2.24) is 19.6 Å². The highest BCUT2D eigenvalue weighted by molar-refractivity contribution is 5.73. The molecule has 2 heterocycles. The molecule has 1 saturated heterocycles. The summed E-state index contributed by atoms with van der Waals surface area (Å²) in [7, 11) is 1.98. The van der Waals surface area contributed by atoms with Crippen molar-refractivity contribution in [1.29, 1.82) is 0 Å². The van der Waals surface area contributed by atoms with Crippen LogP contribution in [0.25, 0.3) is 0 Å². The largest absolute Gasteiger partial charge is 0.489 e. The van der Waals surface area contributed by atoms with Crippen LogP contribution in [-0.4, -0.2) is 69.4 Å². The smallest absolute Gasteiger partial charge is 0.320 e. The molecule has 2 aliphatic rings. The number of aromatic nitrogens is 2. The standard InChI is InChI=1S/C43H55FN4O3/c1-5-48-41(26-37(45-48)23-31-14-16-39(17-15-31)51-29-32-10-7-6-8-11-32)33-18-20-47(21-19-33)28-35-25-38(46(4)42(43(49)50)22-30(2)3)27-40(35)34-12-9-13-36(44)24-34/h6-17,24,26,30,33,35,38,40,42H,5,18-23,25,27-29H2,1-4H3,(H,49,50)/t35?,38?,40?,42-/m1/s1. The number of aryl methyl sites for hydroxylation is 1. The average Bonchev–Trinajstić information content (AvgIpc) is 3.75. The van der Waals surface area contributed by atoms with E-state index in [1.807, 2.05) is 43.4 Å². The highest BCUT2D eigenvalue weighted by Gasteiger charge is 2.41. The number of aliphatic carboxylic acids is 1. The predicted octanol–water partition coefficient (Wildman–Crippen LogP) is 8.38. The molecule has 3 aromatic carbocycles. The van der Waals surface area contributed by atoms with Crippen LogP contribution >= 0.6 is 0 Å². The molecule has 8 heteroatoms. The van der Waals surface area contributed by atoms with Crippen molar-refractivity contribution >= 4 is 5.97 Å². The summed E-state index contributed by atoms with van der Waals surface area (Å²) in [6.45, 7) is 10.7. The van der Waals surface area contributed by atoms with Crippen LogP contribution < -0.4 is 4.74 Å². The number of benzene rings is 3. The van der Waals surface area contributed by atoms with Gasteiger partial charge in [-0.1, -0.05) is 68.4 Å². The van der Waals surface area contributed by atoms with Crippen LogP contribution in [0.2, 0.25) is 0 Å². The summed E-state index contributed by atoms with van der Waals surface area (Å²) in [6.07, 6.45) is 5.34. The minimum absolute atomic E-state index is 0.149. The molecule has 0 amide bonds. The molecule has 0 bridgehead atoms. The van der Waals surface area contributed by atoms with Crippen molar-refractivity contribution < 1.29 is 19.0 Å².